The number of rotatable bonds is 3. The van der Waals surface area contributed by atoms with E-state index < -0.39 is 0 Å². The maximum absolute atomic E-state index is 3.33. The van der Waals surface area contributed by atoms with Gasteiger partial charge in [0.05, 0.1) is 0 Å². The van der Waals surface area contributed by atoms with Gasteiger partial charge in [-0.2, -0.15) is 0 Å². The minimum atomic E-state index is 0.825. The fraction of sp³-hybridized carbons (Fsp3) is 0.571. The highest BCUT2D eigenvalue weighted by atomic mass is 15.1. The Bertz CT molecular complexity index is 381. The summed E-state index contributed by atoms with van der Waals surface area (Å²) < 4.78 is 0. The number of benzene rings is 1. The zero-order chi connectivity index (χ0) is 11.7. The van der Waals surface area contributed by atoms with E-state index >= 15 is 0 Å². The molecule has 2 nitrogen and oxygen atoms in total. The van der Waals surface area contributed by atoms with Crippen LogP contribution in [-0.4, -0.2) is 26.7 Å². The molecule has 2 rings (SSSR count). The Morgan fingerprint density at radius 1 is 1.12 bits per heavy atom. The van der Waals surface area contributed by atoms with Crippen LogP contribution < -0.4 is 10.2 Å². The second kappa shape index (κ2) is 4.46. The summed E-state index contributed by atoms with van der Waals surface area (Å²) in [7, 11) is 2.20. The van der Waals surface area contributed by atoms with Crippen molar-refractivity contribution >= 4 is 5.69 Å². The minimum Gasteiger partial charge on any atom is -0.374 e. The molecule has 0 amide bonds. The van der Waals surface area contributed by atoms with Crippen LogP contribution >= 0.6 is 0 Å². The third kappa shape index (κ3) is 2.22. The second-order valence-corrected chi connectivity index (χ2v) is 5.13. The zero-order valence-electron chi connectivity index (χ0n) is 10.8. The molecule has 1 aliphatic heterocycles. The maximum Gasteiger partial charge on any atom is 0.0396 e. The SMILES string of the molecule is Cc1cc(C)c(N(C)CC2CNC2)cc1C. The zero-order valence-corrected chi connectivity index (χ0v) is 10.8. The molecule has 1 aromatic carbocycles. The van der Waals surface area contributed by atoms with E-state index in [1.807, 2.05) is 0 Å². The first-order valence-corrected chi connectivity index (χ1v) is 6.07. The van der Waals surface area contributed by atoms with Gasteiger partial charge >= 0.3 is 0 Å². The molecule has 0 radical (unpaired) electrons. The quantitative estimate of drug-likeness (QED) is 0.837. The molecular formula is C14H22N2. The summed E-state index contributed by atoms with van der Waals surface area (Å²) in [6.45, 7) is 10.1. The first kappa shape index (κ1) is 11.5. The van der Waals surface area contributed by atoms with Crippen molar-refractivity contribution in [1.82, 2.24) is 5.32 Å². The molecule has 1 N–H and O–H groups in total. The van der Waals surface area contributed by atoms with Gasteiger partial charge in [0.1, 0.15) is 0 Å². The van der Waals surface area contributed by atoms with Gasteiger partial charge in [0.15, 0.2) is 0 Å². The highest BCUT2D eigenvalue weighted by Crippen LogP contribution is 2.24. The normalized spacial score (nSPS) is 16.0. The van der Waals surface area contributed by atoms with Gasteiger partial charge in [-0.05, 0) is 43.5 Å². The van der Waals surface area contributed by atoms with Gasteiger partial charge in [0, 0.05) is 38.3 Å². The molecule has 0 aliphatic carbocycles. The van der Waals surface area contributed by atoms with Gasteiger partial charge in [0.25, 0.3) is 0 Å². The lowest BCUT2D eigenvalue weighted by Gasteiger charge is -2.33. The van der Waals surface area contributed by atoms with E-state index in [4.69, 9.17) is 0 Å². The molecule has 88 valence electrons. The predicted molar refractivity (Wildman–Crippen MR) is 70.3 cm³/mol. The van der Waals surface area contributed by atoms with Crippen LogP contribution in [0.3, 0.4) is 0 Å². The van der Waals surface area contributed by atoms with Crippen molar-refractivity contribution in [1.29, 1.82) is 0 Å². The summed E-state index contributed by atoms with van der Waals surface area (Å²) in [5, 5.41) is 3.33. The molecule has 0 unspecified atom stereocenters. The lowest BCUT2D eigenvalue weighted by atomic mass is 10.0. The average Bonchev–Trinajstić information content (AvgIpc) is 2.17. The highest BCUT2D eigenvalue weighted by Gasteiger charge is 2.19. The van der Waals surface area contributed by atoms with E-state index in [9.17, 15) is 0 Å². The fourth-order valence-electron chi connectivity index (χ4n) is 2.32. The van der Waals surface area contributed by atoms with Crippen molar-refractivity contribution in [2.45, 2.75) is 20.8 Å². The Kier molecular flexibility index (Phi) is 3.20. The first-order valence-electron chi connectivity index (χ1n) is 6.07. The van der Waals surface area contributed by atoms with Crippen LogP contribution in [0.1, 0.15) is 16.7 Å². The molecule has 1 fully saturated rings. The molecule has 0 aromatic heterocycles. The van der Waals surface area contributed by atoms with E-state index in [1.165, 1.54) is 35.5 Å². The number of hydrogen-bond donors (Lipinski definition) is 1. The molecule has 1 aliphatic rings. The summed E-state index contributed by atoms with van der Waals surface area (Å²) in [6.07, 6.45) is 0. The smallest absolute Gasteiger partial charge is 0.0396 e. The van der Waals surface area contributed by atoms with Crippen molar-refractivity contribution in [2.75, 3.05) is 31.6 Å². The fourth-order valence-corrected chi connectivity index (χ4v) is 2.32. The van der Waals surface area contributed by atoms with E-state index in [2.05, 4.69) is 50.2 Å². The molecular weight excluding hydrogens is 196 g/mol. The Morgan fingerprint density at radius 3 is 2.31 bits per heavy atom. The maximum atomic E-state index is 3.33. The minimum absolute atomic E-state index is 0.825. The van der Waals surface area contributed by atoms with Gasteiger partial charge in [-0.3, -0.25) is 0 Å². The van der Waals surface area contributed by atoms with Gasteiger partial charge < -0.3 is 10.2 Å². The summed E-state index contributed by atoms with van der Waals surface area (Å²) in [6, 6.07) is 4.61. The third-order valence-corrected chi connectivity index (χ3v) is 3.62. The van der Waals surface area contributed by atoms with Crippen LogP contribution in [0.5, 0.6) is 0 Å². The van der Waals surface area contributed by atoms with Crippen LogP contribution in [0.25, 0.3) is 0 Å². The number of anilines is 1. The van der Waals surface area contributed by atoms with Crippen LogP contribution in [0, 0.1) is 26.7 Å². The van der Waals surface area contributed by atoms with E-state index in [0.29, 0.717) is 0 Å². The molecule has 2 heteroatoms. The summed E-state index contributed by atoms with van der Waals surface area (Å²) >= 11 is 0. The monoisotopic (exact) mass is 218 g/mol. The summed E-state index contributed by atoms with van der Waals surface area (Å²) in [4.78, 5) is 2.40. The lowest BCUT2D eigenvalue weighted by Crippen LogP contribution is -2.47. The highest BCUT2D eigenvalue weighted by molar-refractivity contribution is 5.56. The van der Waals surface area contributed by atoms with Crippen molar-refractivity contribution in [3.8, 4) is 0 Å². The second-order valence-electron chi connectivity index (χ2n) is 5.13. The topological polar surface area (TPSA) is 15.3 Å². The predicted octanol–water partition coefficient (Wildman–Crippen LogP) is 2.27. The Morgan fingerprint density at radius 2 is 1.75 bits per heavy atom. The van der Waals surface area contributed by atoms with Crippen LogP contribution in [-0.2, 0) is 0 Å². The molecule has 0 atom stereocenters. The Hall–Kier alpha value is -1.02. The van der Waals surface area contributed by atoms with Crippen LogP contribution in [0.15, 0.2) is 12.1 Å². The van der Waals surface area contributed by atoms with Crippen LogP contribution in [0.4, 0.5) is 5.69 Å². The van der Waals surface area contributed by atoms with E-state index in [0.717, 1.165) is 12.5 Å². The molecule has 0 bridgehead atoms. The standard InChI is InChI=1S/C14H22N2/c1-10-5-12(3)14(6-11(10)2)16(4)9-13-7-15-8-13/h5-6,13,15H,7-9H2,1-4H3. The third-order valence-electron chi connectivity index (χ3n) is 3.62. The number of aryl methyl sites for hydroxylation is 3. The summed E-state index contributed by atoms with van der Waals surface area (Å²) in [5.74, 6) is 0.825. The van der Waals surface area contributed by atoms with E-state index in [-0.39, 0.29) is 0 Å². The van der Waals surface area contributed by atoms with Crippen molar-refractivity contribution < 1.29 is 0 Å². The molecule has 1 aromatic rings. The number of hydrogen-bond acceptors (Lipinski definition) is 2. The van der Waals surface area contributed by atoms with Gasteiger partial charge in [-0.25, -0.2) is 0 Å². The average molecular weight is 218 g/mol. The first-order chi connectivity index (χ1) is 7.58. The Balaban J connectivity index is 2.14. The van der Waals surface area contributed by atoms with Crippen molar-refractivity contribution in [3.63, 3.8) is 0 Å². The van der Waals surface area contributed by atoms with E-state index in [1.54, 1.807) is 0 Å². The lowest BCUT2D eigenvalue weighted by molar-refractivity contribution is 0.353. The van der Waals surface area contributed by atoms with Gasteiger partial charge in [0.2, 0.25) is 0 Å². The Labute approximate surface area is 98.7 Å². The van der Waals surface area contributed by atoms with Gasteiger partial charge in [-0.1, -0.05) is 6.07 Å². The largest absolute Gasteiger partial charge is 0.374 e. The van der Waals surface area contributed by atoms with Crippen molar-refractivity contribution in [3.05, 3.63) is 28.8 Å². The molecule has 1 saturated heterocycles. The molecule has 0 spiro atoms. The summed E-state index contributed by atoms with van der Waals surface area (Å²) in [5.41, 5.74) is 5.55. The van der Waals surface area contributed by atoms with Gasteiger partial charge in [-0.15, -0.1) is 0 Å². The molecule has 1 heterocycles. The van der Waals surface area contributed by atoms with Crippen molar-refractivity contribution in [2.24, 2.45) is 5.92 Å². The number of nitrogens with zero attached hydrogens (tertiary/aromatic N) is 1. The molecule has 16 heavy (non-hydrogen) atoms. The number of nitrogens with one attached hydrogen (secondary N) is 1. The molecule has 0 saturated carbocycles. The van der Waals surface area contributed by atoms with Crippen LogP contribution in [0.2, 0.25) is 0 Å².